The Hall–Kier alpha value is -1.88. The van der Waals surface area contributed by atoms with E-state index in [0.717, 1.165) is 5.56 Å². The van der Waals surface area contributed by atoms with Gasteiger partial charge in [0.05, 0.1) is 13.0 Å². The van der Waals surface area contributed by atoms with Crippen molar-refractivity contribution in [3.05, 3.63) is 35.9 Å². The zero-order valence-corrected chi connectivity index (χ0v) is 11.2. The zero-order valence-electron chi connectivity index (χ0n) is 11.2. The topological polar surface area (TPSA) is 78.6 Å². The van der Waals surface area contributed by atoms with Crippen LogP contribution in [-0.2, 0) is 25.7 Å². The molecule has 0 saturated heterocycles. The van der Waals surface area contributed by atoms with E-state index in [2.05, 4.69) is 0 Å². The first-order valence-corrected chi connectivity index (χ1v) is 6.04. The molecule has 0 unspecified atom stereocenters. The van der Waals surface area contributed by atoms with Gasteiger partial charge in [0.1, 0.15) is 12.2 Å². The Morgan fingerprint density at radius 1 is 1.16 bits per heavy atom. The van der Waals surface area contributed by atoms with E-state index >= 15 is 0 Å². The van der Waals surface area contributed by atoms with Crippen molar-refractivity contribution in [3.63, 3.8) is 0 Å². The summed E-state index contributed by atoms with van der Waals surface area (Å²) in [5, 5.41) is 0. The number of carbonyl (C=O) groups is 2. The van der Waals surface area contributed by atoms with Crippen molar-refractivity contribution in [3.8, 4) is 0 Å². The van der Waals surface area contributed by atoms with Crippen molar-refractivity contribution in [2.75, 3.05) is 6.54 Å². The first-order chi connectivity index (χ1) is 8.93. The van der Waals surface area contributed by atoms with Gasteiger partial charge in [-0.05, 0) is 19.4 Å². The average Bonchev–Trinajstić information content (AvgIpc) is 2.36. The van der Waals surface area contributed by atoms with Gasteiger partial charge in [0.2, 0.25) is 0 Å². The van der Waals surface area contributed by atoms with Crippen LogP contribution in [0.25, 0.3) is 0 Å². The van der Waals surface area contributed by atoms with E-state index in [1.807, 2.05) is 30.3 Å². The van der Waals surface area contributed by atoms with Crippen LogP contribution in [-0.4, -0.2) is 24.1 Å². The lowest BCUT2D eigenvalue weighted by Crippen LogP contribution is -2.34. The van der Waals surface area contributed by atoms with Gasteiger partial charge < -0.3 is 15.2 Å². The summed E-state index contributed by atoms with van der Waals surface area (Å²) < 4.78 is 10.2. The van der Waals surface area contributed by atoms with Crippen molar-refractivity contribution in [1.82, 2.24) is 0 Å². The molecule has 0 radical (unpaired) electrons. The van der Waals surface area contributed by atoms with Crippen molar-refractivity contribution in [1.29, 1.82) is 0 Å². The summed E-state index contributed by atoms with van der Waals surface area (Å²) in [4.78, 5) is 22.7. The van der Waals surface area contributed by atoms with Gasteiger partial charge in [0.15, 0.2) is 0 Å². The number of esters is 2. The normalized spacial score (nSPS) is 10.9. The van der Waals surface area contributed by atoms with E-state index in [4.69, 9.17) is 15.2 Å². The molecule has 0 fully saturated rings. The van der Waals surface area contributed by atoms with Crippen LogP contribution in [0.1, 0.15) is 25.8 Å². The largest absolute Gasteiger partial charge is 0.461 e. The van der Waals surface area contributed by atoms with E-state index in [1.165, 1.54) is 0 Å². The predicted molar refractivity (Wildman–Crippen MR) is 70.1 cm³/mol. The molecule has 2 N–H and O–H groups in total. The van der Waals surface area contributed by atoms with Crippen molar-refractivity contribution in [2.45, 2.75) is 32.5 Å². The van der Waals surface area contributed by atoms with E-state index in [9.17, 15) is 9.59 Å². The molecule has 0 aromatic heterocycles. The molecule has 1 rings (SSSR count). The standard InChI is InChI=1S/C14H19NO4/c1-14(2,19-13(17)9-15)8-12(16)18-10-11-6-4-3-5-7-11/h3-7H,8-10,15H2,1-2H3. The fourth-order valence-corrected chi connectivity index (χ4v) is 1.52. The molecule has 0 spiro atoms. The van der Waals surface area contributed by atoms with Gasteiger partial charge in [-0.3, -0.25) is 9.59 Å². The fraction of sp³-hybridized carbons (Fsp3) is 0.429. The molecule has 5 nitrogen and oxygen atoms in total. The molecule has 0 aliphatic carbocycles. The van der Waals surface area contributed by atoms with Gasteiger partial charge in [0, 0.05) is 0 Å². The van der Waals surface area contributed by atoms with Crippen molar-refractivity contribution < 1.29 is 19.1 Å². The van der Waals surface area contributed by atoms with Gasteiger partial charge >= 0.3 is 11.9 Å². The second-order valence-corrected chi connectivity index (χ2v) is 4.76. The third-order valence-corrected chi connectivity index (χ3v) is 2.37. The second kappa shape index (κ2) is 6.89. The Morgan fingerprint density at radius 2 is 1.79 bits per heavy atom. The minimum absolute atomic E-state index is 0.00836. The first-order valence-electron chi connectivity index (χ1n) is 6.04. The lowest BCUT2D eigenvalue weighted by molar-refractivity contribution is -0.162. The highest BCUT2D eigenvalue weighted by atomic mass is 16.6. The Balaban J connectivity index is 2.40. The lowest BCUT2D eigenvalue weighted by atomic mass is 10.1. The smallest absolute Gasteiger partial charge is 0.320 e. The molecule has 1 aromatic rings. The Labute approximate surface area is 112 Å². The van der Waals surface area contributed by atoms with Gasteiger partial charge in [-0.15, -0.1) is 0 Å². The van der Waals surface area contributed by atoms with Crippen LogP contribution < -0.4 is 5.73 Å². The number of ether oxygens (including phenoxy) is 2. The maximum atomic E-state index is 11.7. The van der Waals surface area contributed by atoms with Crippen LogP contribution in [0.15, 0.2) is 30.3 Å². The van der Waals surface area contributed by atoms with Crippen LogP contribution >= 0.6 is 0 Å². The number of nitrogens with two attached hydrogens (primary N) is 1. The molecule has 0 saturated carbocycles. The summed E-state index contributed by atoms with van der Waals surface area (Å²) >= 11 is 0. The second-order valence-electron chi connectivity index (χ2n) is 4.76. The van der Waals surface area contributed by atoms with Gasteiger partial charge in [0.25, 0.3) is 0 Å². The van der Waals surface area contributed by atoms with Crippen molar-refractivity contribution in [2.24, 2.45) is 5.73 Å². The van der Waals surface area contributed by atoms with Crippen molar-refractivity contribution >= 4 is 11.9 Å². The number of hydrogen-bond donors (Lipinski definition) is 1. The average molecular weight is 265 g/mol. The number of benzene rings is 1. The minimum Gasteiger partial charge on any atom is -0.461 e. The predicted octanol–water partition coefficient (Wildman–Crippen LogP) is 1.40. The number of carbonyl (C=O) groups excluding carboxylic acids is 2. The Kier molecular flexibility index (Phi) is 5.51. The highest BCUT2D eigenvalue weighted by Gasteiger charge is 2.26. The molecule has 19 heavy (non-hydrogen) atoms. The minimum atomic E-state index is -0.912. The summed E-state index contributed by atoms with van der Waals surface area (Å²) in [7, 11) is 0. The first kappa shape index (κ1) is 15.2. The Morgan fingerprint density at radius 3 is 2.37 bits per heavy atom. The third-order valence-electron chi connectivity index (χ3n) is 2.37. The summed E-state index contributed by atoms with van der Waals surface area (Å²) in [5.74, 6) is -0.959. The van der Waals surface area contributed by atoms with Crippen LogP contribution in [0.4, 0.5) is 0 Å². The van der Waals surface area contributed by atoms with Gasteiger partial charge in [-0.1, -0.05) is 30.3 Å². The Bertz CT molecular complexity index is 428. The van der Waals surface area contributed by atoms with Gasteiger partial charge in [-0.2, -0.15) is 0 Å². The molecular formula is C14H19NO4. The molecule has 0 amide bonds. The molecule has 0 bridgehead atoms. The van der Waals surface area contributed by atoms with Crippen LogP contribution in [0.2, 0.25) is 0 Å². The molecule has 0 heterocycles. The molecule has 1 aromatic carbocycles. The summed E-state index contributed by atoms with van der Waals surface area (Å²) in [6.45, 7) is 3.29. The summed E-state index contributed by atoms with van der Waals surface area (Å²) in [6, 6.07) is 9.37. The lowest BCUT2D eigenvalue weighted by Gasteiger charge is -2.23. The highest BCUT2D eigenvalue weighted by Crippen LogP contribution is 2.16. The van der Waals surface area contributed by atoms with Crippen LogP contribution in [0, 0.1) is 0 Å². The highest BCUT2D eigenvalue weighted by molar-refractivity contribution is 5.74. The molecule has 0 aliphatic rings. The number of hydrogen-bond acceptors (Lipinski definition) is 5. The van der Waals surface area contributed by atoms with Crippen LogP contribution in [0.5, 0.6) is 0 Å². The molecule has 104 valence electrons. The van der Waals surface area contributed by atoms with E-state index in [1.54, 1.807) is 13.8 Å². The van der Waals surface area contributed by atoms with E-state index in [0.29, 0.717) is 0 Å². The fourth-order valence-electron chi connectivity index (χ4n) is 1.52. The maximum Gasteiger partial charge on any atom is 0.320 e. The molecule has 0 atom stereocenters. The third kappa shape index (κ3) is 6.01. The maximum absolute atomic E-state index is 11.7. The van der Waals surface area contributed by atoms with E-state index < -0.39 is 17.5 Å². The molecule has 0 aliphatic heterocycles. The summed E-state index contributed by atoms with van der Waals surface area (Å²) in [6.07, 6.45) is -0.00836. The quantitative estimate of drug-likeness (QED) is 0.786. The molecule has 5 heteroatoms. The number of rotatable bonds is 6. The molecular weight excluding hydrogens is 246 g/mol. The van der Waals surface area contributed by atoms with Gasteiger partial charge in [-0.25, -0.2) is 0 Å². The van der Waals surface area contributed by atoms with Crippen LogP contribution in [0.3, 0.4) is 0 Å². The SMILES string of the molecule is CC(C)(CC(=O)OCc1ccccc1)OC(=O)CN. The summed E-state index contributed by atoms with van der Waals surface area (Å²) in [5.41, 5.74) is 5.15. The van der Waals surface area contributed by atoms with E-state index in [-0.39, 0.29) is 19.6 Å². The monoisotopic (exact) mass is 265 g/mol. The zero-order chi connectivity index (χ0) is 14.3.